The van der Waals surface area contributed by atoms with E-state index in [1.54, 1.807) is 11.8 Å². The van der Waals surface area contributed by atoms with Crippen LogP contribution in [0.3, 0.4) is 0 Å². The van der Waals surface area contributed by atoms with Gasteiger partial charge in [0.15, 0.2) is 5.16 Å². The van der Waals surface area contributed by atoms with Crippen LogP contribution in [-0.4, -0.2) is 41.0 Å². The van der Waals surface area contributed by atoms with Gasteiger partial charge in [0, 0.05) is 36.8 Å². The number of thioether (sulfide) groups is 1. The Labute approximate surface area is 154 Å². The van der Waals surface area contributed by atoms with Crippen LogP contribution in [0.4, 0.5) is 0 Å². The number of likely N-dealkylation sites (tertiary alicyclic amines) is 1. The summed E-state index contributed by atoms with van der Waals surface area (Å²) >= 11 is 1.70. The van der Waals surface area contributed by atoms with E-state index in [4.69, 9.17) is 0 Å². The first-order chi connectivity index (χ1) is 12.3. The molecule has 2 fully saturated rings. The number of nitrogens with zero attached hydrogens (tertiary/aromatic N) is 3. The van der Waals surface area contributed by atoms with Crippen LogP contribution >= 0.6 is 11.8 Å². The highest BCUT2D eigenvalue weighted by Crippen LogP contribution is 2.38. The molecule has 0 amide bonds. The second-order valence-corrected chi connectivity index (χ2v) is 8.30. The van der Waals surface area contributed by atoms with Gasteiger partial charge in [0.25, 0.3) is 0 Å². The molecule has 25 heavy (non-hydrogen) atoms. The van der Waals surface area contributed by atoms with Gasteiger partial charge in [0.05, 0.1) is 0 Å². The molecule has 0 bridgehead atoms. The molecule has 1 spiro atoms. The van der Waals surface area contributed by atoms with Gasteiger partial charge in [-0.15, -0.1) is 0 Å². The SMILES string of the molecule is c1ccc(CSc2ncc(CN3CCC4(CCNCC4)C3)cn2)cc1. The van der Waals surface area contributed by atoms with Gasteiger partial charge >= 0.3 is 0 Å². The quantitative estimate of drug-likeness (QED) is 0.659. The van der Waals surface area contributed by atoms with E-state index in [1.807, 2.05) is 18.5 Å². The van der Waals surface area contributed by atoms with Crippen molar-refractivity contribution in [1.29, 1.82) is 0 Å². The standard InChI is InChI=1S/C20H26N4S/c1-2-4-17(5-3-1)15-25-19-22-12-18(13-23-19)14-24-11-8-20(16-24)6-9-21-10-7-20/h1-5,12-13,21H,6-11,14-16H2. The highest BCUT2D eigenvalue weighted by molar-refractivity contribution is 7.98. The van der Waals surface area contributed by atoms with Gasteiger partial charge in [-0.1, -0.05) is 42.1 Å². The van der Waals surface area contributed by atoms with Gasteiger partial charge in [-0.2, -0.15) is 0 Å². The minimum Gasteiger partial charge on any atom is -0.317 e. The number of benzene rings is 1. The third-order valence-electron chi connectivity index (χ3n) is 5.48. The van der Waals surface area contributed by atoms with Crippen molar-refractivity contribution >= 4 is 11.8 Å². The summed E-state index contributed by atoms with van der Waals surface area (Å²) in [4.78, 5) is 11.7. The topological polar surface area (TPSA) is 41.1 Å². The molecule has 2 aliphatic rings. The fourth-order valence-electron chi connectivity index (χ4n) is 4.01. The summed E-state index contributed by atoms with van der Waals surface area (Å²) in [5.41, 5.74) is 3.11. The normalized spacial score (nSPS) is 20.2. The lowest BCUT2D eigenvalue weighted by Crippen LogP contribution is -2.38. The molecule has 1 aromatic carbocycles. The molecule has 3 heterocycles. The van der Waals surface area contributed by atoms with Crippen LogP contribution in [0.25, 0.3) is 0 Å². The van der Waals surface area contributed by atoms with E-state index in [1.165, 1.54) is 56.6 Å². The number of aromatic nitrogens is 2. The summed E-state index contributed by atoms with van der Waals surface area (Å²) in [7, 11) is 0. The van der Waals surface area contributed by atoms with Crippen LogP contribution in [0.5, 0.6) is 0 Å². The Kier molecular flexibility index (Phi) is 5.34. The Balaban J connectivity index is 1.29. The summed E-state index contributed by atoms with van der Waals surface area (Å²) in [6, 6.07) is 10.5. The molecular weight excluding hydrogens is 328 g/mol. The molecule has 1 aromatic heterocycles. The summed E-state index contributed by atoms with van der Waals surface area (Å²) in [5, 5.41) is 4.35. The number of hydrogen-bond acceptors (Lipinski definition) is 5. The van der Waals surface area contributed by atoms with Crippen molar-refractivity contribution in [2.45, 2.75) is 36.7 Å². The summed E-state index contributed by atoms with van der Waals surface area (Å²) in [6.45, 7) is 5.80. The predicted octanol–water partition coefficient (Wildman–Crippen LogP) is 3.34. The molecule has 4 rings (SSSR count). The molecular formula is C20H26N4S. The first-order valence-electron chi connectivity index (χ1n) is 9.22. The van der Waals surface area contributed by atoms with E-state index in [9.17, 15) is 0 Å². The first kappa shape index (κ1) is 17.0. The van der Waals surface area contributed by atoms with Crippen LogP contribution in [0.1, 0.15) is 30.4 Å². The second-order valence-electron chi connectivity index (χ2n) is 7.36. The predicted molar refractivity (Wildman–Crippen MR) is 102 cm³/mol. The molecule has 2 aliphatic heterocycles. The van der Waals surface area contributed by atoms with E-state index in [0.29, 0.717) is 5.41 Å². The number of rotatable bonds is 5. The molecule has 0 atom stereocenters. The average Bonchev–Trinajstić information content (AvgIpc) is 3.04. The highest BCUT2D eigenvalue weighted by Gasteiger charge is 2.38. The molecule has 2 aromatic rings. The molecule has 4 nitrogen and oxygen atoms in total. The molecule has 1 N–H and O–H groups in total. The lowest BCUT2D eigenvalue weighted by Gasteiger charge is -2.33. The van der Waals surface area contributed by atoms with Crippen molar-refractivity contribution < 1.29 is 0 Å². The van der Waals surface area contributed by atoms with Crippen molar-refractivity contribution in [2.75, 3.05) is 26.2 Å². The largest absolute Gasteiger partial charge is 0.317 e. The third kappa shape index (κ3) is 4.40. The Morgan fingerprint density at radius 2 is 1.76 bits per heavy atom. The van der Waals surface area contributed by atoms with Crippen molar-refractivity contribution in [1.82, 2.24) is 20.2 Å². The second kappa shape index (κ2) is 7.85. The molecule has 2 saturated heterocycles. The number of piperidine rings is 1. The Bertz CT molecular complexity index is 668. The third-order valence-corrected chi connectivity index (χ3v) is 6.43. The van der Waals surface area contributed by atoms with Gasteiger partial charge < -0.3 is 5.32 Å². The van der Waals surface area contributed by atoms with Gasteiger partial charge in [-0.25, -0.2) is 9.97 Å². The monoisotopic (exact) mass is 354 g/mol. The lowest BCUT2D eigenvalue weighted by atomic mass is 9.78. The average molecular weight is 355 g/mol. The van der Waals surface area contributed by atoms with Crippen molar-refractivity contribution in [2.24, 2.45) is 5.41 Å². The number of nitrogens with one attached hydrogen (secondary N) is 1. The molecule has 0 radical (unpaired) electrons. The van der Waals surface area contributed by atoms with Crippen LogP contribution in [0.15, 0.2) is 47.9 Å². The minimum absolute atomic E-state index is 0.567. The highest BCUT2D eigenvalue weighted by atomic mass is 32.2. The summed E-state index contributed by atoms with van der Waals surface area (Å²) in [5.74, 6) is 0.920. The van der Waals surface area contributed by atoms with Crippen LogP contribution in [-0.2, 0) is 12.3 Å². The van der Waals surface area contributed by atoms with Crippen molar-refractivity contribution in [3.8, 4) is 0 Å². The van der Waals surface area contributed by atoms with Gasteiger partial charge in [0.2, 0.25) is 0 Å². The van der Waals surface area contributed by atoms with E-state index >= 15 is 0 Å². The zero-order valence-electron chi connectivity index (χ0n) is 14.7. The Morgan fingerprint density at radius 1 is 1.00 bits per heavy atom. The number of hydrogen-bond donors (Lipinski definition) is 1. The van der Waals surface area contributed by atoms with E-state index in [-0.39, 0.29) is 0 Å². The molecule has 0 aliphatic carbocycles. The lowest BCUT2D eigenvalue weighted by molar-refractivity contribution is 0.194. The molecule has 0 saturated carbocycles. The zero-order chi connectivity index (χ0) is 17.0. The minimum atomic E-state index is 0.567. The smallest absolute Gasteiger partial charge is 0.187 e. The van der Waals surface area contributed by atoms with Gasteiger partial charge in [0.1, 0.15) is 0 Å². The maximum absolute atomic E-state index is 4.56. The van der Waals surface area contributed by atoms with E-state index in [2.05, 4.69) is 44.5 Å². The Hall–Kier alpha value is -1.43. The van der Waals surface area contributed by atoms with Crippen LogP contribution in [0.2, 0.25) is 0 Å². The van der Waals surface area contributed by atoms with Crippen molar-refractivity contribution in [3.63, 3.8) is 0 Å². The molecule has 5 heteroatoms. The summed E-state index contributed by atoms with van der Waals surface area (Å²) < 4.78 is 0. The fraction of sp³-hybridized carbons (Fsp3) is 0.500. The van der Waals surface area contributed by atoms with Crippen LogP contribution < -0.4 is 5.32 Å². The van der Waals surface area contributed by atoms with Crippen molar-refractivity contribution in [3.05, 3.63) is 53.9 Å². The zero-order valence-corrected chi connectivity index (χ0v) is 15.5. The summed E-state index contributed by atoms with van der Waals surface area (Å²) in [6.07, 6.45) is 8.02. The van der Waals surface area contributed by atoms with E-state index < -0.39 is 0 Å². The van der Waals surface area contributed by atoms with E-state index in [0.717, 1.165) is 17.5 Å². The fourth-order valence-corrected chi connectivity index (χ4v) is 4.75. The van der Waals surface area contributed by atoms with Crippen LogP contribution in [0, 0.1) is 5.41 Å². The molecule has 0 unspecified atom stereocenters. The van der Waals surface area contributed by atoms with Gasteiger partial charge in [-0.3, -0.25) is 4.90 Å². The maximum Gasteiger partial charge on any atom is 0.187 e. The molecule has 132 valence electrons. The Morgan fingerprint density at radius 3 is 2.52 bits per heavy atom. The first-order valence-corrected chi connectivity index (χ1v) is 10.2. The maximum atomic E-state index is 4.56. The van der Waals surface area contributed by atoms with Gasteiger partial charge in [-0.05, 0) is 49.9 Å².